The first-order chi connectivity index (χ1) is 8.56. The highest BCUT2D eigenvalue weighted by Crippen LogP contribution is 2.23. The standard InChI is InChI=1S/C13H10BrIN2O/c14-9-3-6-12(11(16)7-9)17-13(18)8-1-4-10(15)5-2-8/h1-7H,16H2,(H,17,18). The summed E-state index contributed by atoms with van der Waals surface area (Å²) < 4.78 is 1.97. The lowest BCUT2D eigenvalue weighted by Gasteiger charge is -2.08. The average Bonchev–Trinajstić information content (AvgIpc) is 2.33. The van der Waals surface area contributed by atoms with E-state index < -0.39 is 0 Å². The largest absolute Gasteiger partial charge is 0.397 e. The highest BCUT2D eigenvalue weighted by Gasteiger charge is 2.07. The van der Waals surface area contributed by atoms with Crippen molar-refractivity contribution in [3.05, 3.63) is 56.1 Å². The molecule has 0 aliphatic rings. The Morgan fingerprint density at radius 2 is 1.83 bits per heavy atom. The van der Waals surface area contributed by atoms with Crippen molar-refractivity contribution in [3.63, 3.8) is 0 Å². The van der Waals surface area contributed by atoms with Gasteiger partial charge in [-0.2, -0.15) is 0 Å². The van der Waals surface area contributed by atoms with E-state index >= 15 is 0 Å². The van der Waals surface area contributed by atoms with Crippen molar-refractivity contribution in [1.82, 2.24) is 0 Å². The lowest BCUT2D eigenvalue weighted by Crippen LogP contribution is -2.13. The van der Waals surface area contributed by atoms with Crippen LogP contribution in [0.25, 0.3) is 0 Å². The minimum Gasteiger partial charge on any atom is -0.397 e. The number of hydrogen-bond donors (Lipinski definition) is 2. The van der Waals surface area contributed by atoms with Crippen LogP contribution in [0.15, 0.2) is 46.9 Å². The predicted octanol–water partition coefficient (Wildman–Crippen LogP) is 3.89. The van der Waals surface area contributed by atoms with Crippen LogP contribution in [0.5, 0.6) is 0 Å². The quantitative estimate of drug-likeness (QED) is 0.576. The Balaban J connectivity index is 2.18. The zero-order chi connectivity index (χ0) is 13.1. The van der Waals surface area contributed by atoms with E-state index in [9.17, 15) is 4.79 Å². The Morgan fingerprint density at radius 3 is 2.44 bits per heavy atom. The smallest absolute Gasteiger partial charge is 0.255 e. The van der Waals surface area contributed by atoms with Crippen molar-refractivity contribution in [3.8, 4) is 0 Å². The first-order valence-corrected chi connectivity index (χ1v) is 7.05. The van der Waals surface area contributed by atoms with E-state index in [1.54, 1.807) is 24.3 Å². The molecule has 3 N–H and O–H groups in total. The summed E-state index contributed by atoms with van der Waals surface area (Å²) in [6, 6.07) is 12.7. The molecule has 0 spiro atoms. The molecule has 0 fully saturated rings. The molecule has 0 saturated heterocycles. The number of carbonyl (C=O) groups is 1. The second kappa shape index (κ2) is 5.71. The van der Waals surface area contributed by atoms with Crippen LogP contribution in [-0.4, -0.2) is 5.91 Å². The molecule has 0 bridgehead atoms. The Labute approximate surface area is 127 Å². The van der Waals surface area contributed by atoms with Crippen LogP contribution in [-0.2, 0) is 0 Å². The number of rotatable bonds is 2. The lowest BCUT2D eigenvalue weighted by atomic mass is 10.2. The second-order valence-corrected chi connectivity index (χ2v) is 5.85. The third kappa shape index (κ3) is 3.23. The highest BCUT2D eigenvalue weighted by atomic mass is 127. The Kier molecular flexibility index (Phi) is 4.23. The van der Waals surface area contributed by atoms with Crippen LogP contribution >= 0.6 is 38.5 Å². The van der Waals surface area contributed by atoms with Crippen molar-refractivity contribution in [2.75, 3.05) is 11.1 Å². The van der Waals surface area contributed by atoms with E-state index in [4.69, 9.17) is 5.73 Å². The van der Waals surface area contributed by atoms with Crippen molar-refractivity contribution >= 4 is 55.8 Å². The van der Waals surface area contributed by atoms with E-state index in [-0.39, 0.29) is 5.91 Å². The van der Waals surface area contributed by atoms with Crippen LogP contribution < -0.4 is 11.1 Å². The molecule has 0 saturated carbocycles. The lowest BCUT2D eigenvalue weighted by molar-refractivity contribution is 0.102. The second-order valence-electron chi connectivity index (χ2n) is 3.69. The van der Waals surface area contributed by atoms with Crippen molar-refractivity contribution in [2.24, 2.45) is 0 Å². The number of amides is 1. The maximum Gasteiger partial charge on any atom is 0.255 e. The van der Waals surface area contributed by atoms with Gasteiger partial charge in [-0.3, -0.25) is 4.79 Å². The number of nitrogens with two attached hydrogens (primary N) is 1. The molecule has 18 heavy (non-hydrogen) atoms. The van der Waals surface area contributed by atoms with Gasteiger partial charge in [0.1, 0.15) is 0 Å². The fourth-order valence-electron chi connectivity index (χ4n) is 1.44. The average molecular weight is 417 g/mol. The predicted molar refractivity (Wildman–Crippen MR) is 85.7 cm³/mol. The molecule has 0 aromatic heterocycles. The van der Waals surface area contributed by atoms with Gasteiger partial charge in [-0.25, -0.2) is 0 Å². The van der Waals surface area contributed by atoms with Gasteiger partial charge in [-0.15, -0.1) is 0 Å². The molecule has 92 valence electrons. The SMILES string of the molecule is Nc1cc(Br)ccc1NC(=O)c1ccc(I)cc1. The Hall–Kier alpha value is -1.08. The van der Waals surface area contributed by atoms with Crippen molar-refractivity contribution in [1.29, 1.82) is 0 Å². The number of halogens is 2. The summed E-state index contributed by atoms with van der Waals surface area (Å²) in [6.45, 7) is 0. The van der Waals surface area contributed by atoms with Gasteiger partial charge in [0.25, 0.3) is 5.91 Å². The summed E-state index contributed by atoms with van der Waals surface area (Å²) in [7, 11) is 0. The number of anilines is 2. The number of nitrogen functional groups attached to an aromatic ring is 1. The number of hydrogen-bond acceptors (Lipinski definition) is 2. The van der Waals surface area contributed by atoms with Gasteiger partial charge in [0.15, 0.2) is 0 Å². The summed E-state index contributed by atoms with van der Waals surface area (Å²) in [5.74, 6) is -0.166. The van der Waals surface area contributed by atoms with E-state index in [0.29, 0.717) is 16.9 Å². The maximum absolute atomic E-state index is 12.0. The van der Waals surface area contributed by atoms with E-state index in [2.05, 4.69) is 43.8 Å². The third-order valence-electron chi connectivity index (χ3n) is 2.37. The Morgan fingerprint density at radius 1 is 1.17 bits per heavy atom. The molecular formula is C13H10BrIN2O. The molecule has 0 heterocycles. The van der Waals surface area contributed by atoms with Gasteiger partial charge in [0, 0.05) is 13.6 Å². The summed E-state index contributed by atoms with van der Waals surface area (Å²) in [5, 5.41) is 2.79. The monoisotopic (exact) mass is 416 g/mol. The molecule has 0 radical (unpaired) electrons. The molecule has 0 aliphatic carbocycles. The van der Waals surface area contributed by atoms with Gasteiger partial charge >= 0.3 is 0 Å². The highest BCUT2D eigenvalue weighted by molar-refractivity contribution is 14.1. The molecule has 2 aromatic rings. The molecule has 1 amide bonds. The molecule has 0 aliphatic heterocycles. The van der Waals surface area contributed by atoms with E-state index in [0.717, 1.165) is 8.04 Å². The molecule has 0 atom stereocenters. The number of benzene rings is 2. The minimum absolute atomic E-state index is 0.166. The van der Waals surface area contributed by atoms with E-state index in [1.807, 2.05) is 18.2 Å². The maximum atomic E-state index is 12.0. The number of nitrogens with one attached hydrogen (secondary N) is 1. The fraction of sp³-hybridized carbons (Fsp3) is 0. The molecule has 2 aromatic carbocycles. The van der Waals surface area contributed by atoms with Crippen LogP contribution in [0, 0.1) is 3.57 Å². The minimum atomic E-state index is -0.166. The van der Waals surface area contributed by atoms with Crippen molar-refractivity contribution < 1.29 is 4.79 Å². The first-order valence-electron chi connectivity index (χ1n) is 5.18. The fourth-order valence-corrected chi connectivity index (χ4v) is 2.18. The van der Waals surface area contributed by atoms with Crippen LogP contribution in [0.3, 0.4) is 0 Å². The molecular weight excluding hydrogens is 407 g/mol. The van der Waals surface area contributed by atoms with Gasteiger partial charge in [-0.05, 0) is 65.1 Å². The van der Waals surface area contributed by atoms with Crippen LogP contribution in [0.4, 0.5) is 11.4 Å². The van der Waals surface area contributed by atoms with Gasteiger partial charge in [-0.1, -0.05) is 15.9 Å². The molecule has 3 nitrogen and oxygen atoms in total. The van der Waals surface area contributed by atoms with Crippen molar-refractivity contribution in [2.45, 2.75) is 0 Å². The summed E-state index contributed by atoms with van der Waals surface area (Å²) >= 11 is 5.52. The van der Waals surface area contributed by atoms with Gasteiger partial charge in [0.05, 0.1) is 11.4 Å². The number of carbonyl (C=O) groups excluding carboxylic acids is 1. The third-order valence-corrected chi connectivity index (χ3v) is 3.58. The Bertz CT molecular complexity index is 584. The molecule has 2 rings (SSSR count). The van der Waals surface area contributed by atoms with Gasteiger partial charge < -0.3 is 11.1 Å². The normalized spacial score (nSPS) is 10.1. The zero-order valence-corrected chi connectivity index (χ0v) is 13.0. The molecule has 5 heteroatoms. The van der Waals surface area contributed by atoms with Crippen LogP contribution in [0.1, 0.15) is 10.4 Å². The topological polar surface area (TPSA) is 55.1 Å². The van der Waals surface area contributed by atoms with Crippen LogP contribution in [0.2, 0.25) is 0 Å². The molecule has 0 unspecified atom stereocenters. The summed E-state index contributed by atoms with van der Waals surface area (Å²) in [5.41, 5.74) is 7.58. The summed E-state index contributed by atoms with van der Waals surface area (Å²) in [4.78, 5) is 12.0. The first kappa shape index (κ1) is 13.4. The summed E-state index contributed by atoms with van der Waals surface area (Å²) in [6.07, 6.45) is 0. The zero-order valence-electron chi connectivity index (χ0n) is 9.28. The van der Waals surface area contributed by atoms with E-state index in [1.165, 1.54) is 0 Å². The van der Waals surface area contributed by atoms with Gasteiger partial charge in [0.2, 0.25) is 0 Å².